The first-order valence-corrected chi connectivity index (χ1v) is 12.9. The molecule has 188 valence electrons. The molecule has 8 nitrogen and oxygen atoms in total. The van der Waals surface area contributed by atoms with Gasteiger partial charge in [-0.05, 0) is 44.0 Å². The summed E-state index contributed by atoms with van der Waals surface area (Å²) in [5.74, 6) is 0.926. The number of aromatic nitrogens is 3. The number of amides is 1. The van der Waals surface area contributed by atoms with E-state index in [9.17, 15) is 4.79 Å². The third-order valence-corrected chi connectivity index (χ3v) is 7.64. The SMILES string of the molecule is CNc1ccc(-c2c(C)nc(N)nc2-c2ccc(C(=O)N3CCN(C4CCCC4)CC3)c(Cl)c2)cn1. The van der Waals surface area contributed by atoms with Crippen molar-refractivity contribution < 1.29 is 4.79 Å². The number of hydrogen-bond acceptors (Lipinski definition) is 7. The highest BCUT2D eigenvalue weighted by atomic mass is 35.5. The van der Waals surface area contributed by atoms with Crippen molar-refractivity contribution in [1.82, 2.24) is 24.8 Å². The number of nitrogens with one attached hydrogen (secondary N) is 1. The number of carbonyl (C=O) groups excluding carboxylic acids is 1. The molecule has 0 atom stereocenters. The summed E-state index contributed by atoms with van der Waals surface area (Å²) >= 11 is 6.69. The van der Waals surface area contributed by atoms with Crippen molar-refractivity contribution in [3.05, 3.63) is 52.8 Å². The summed E-state index contributed by atoms with van der Waals surface area (Å²) in [6.07, 6.45) is 6.99. The number of anilines is 2. The van der Waals surface area contributed by atoms with Crippen molar-refractivity contribution in [2.45, 2.75) is 38.6 Å². The van der Waals surface area contributed by atoms with Crippen LogP contribution in [0.25, 0.3) is 22.4 Å². The molecule has 1 saturated heterocycles. The van der Waals surface area contributed by atoms with Gasteiger partial charge in [0, 0.05) is 62.2 Å². The van der Waals surface area contributed by atoms with Gasteiger partial charge in [0.2, 0.25) is 5.95 Å². The van der Waals surface area contributed by atoms with Gasteiger partial charge < -0.3 is 16.0 Å². The summed E-state index contributed by atoms with van der Waals surface area (Å²) in [7, 11) is 1.82. The van der Waals surface area contributed by atoms with Crippen LogP contribution in [0.4, 0.5) is 11.8 Å². The quantitative estimate of drug-likeness (QED) is 0.526. The van der Waals surface area contributed by atoms with Crippen LogP contribution < -0.4 is 11.1 Å². The molecule has 1 amide bonds. The highest BCUT2D eigenvalue weighted by Crippen LogP contribution is 2.35. The van der Waals surface area contributed by atoms with Crippen LogP contribution in [0.3, 0.4) is 0 Å². The number of piperazine rings is 1. The van der Waals surface area contributed by atoms with E-state index in [-0.39, 0.29) is 11.9 Å². The molecule has 2 fully saturated rings. The Labute approximate surface area is 216 Å². The monoisotopic (exact) mass is 505 g/mol. The molecule has 3 N–H and O–H groups in total. The van der Waals surface area contributed by atoms with Crippen molar-refractivity contribution in [2.24, 2.45) is 0 Å². The van der Waals surface area contributed by atoms with Crippen molar-refractivity contribution in [1.29, 1.82) is 0 Å². The Bertz CT molecular complexity index is 1250. The lowest BCUT2D eigenvalue weighted by Gasteiger charge is -2.38. The number of aryl methyl sites for hydroxylation is 1. The topological polar surface area (TPSA) is 100 Å². The number of halogens is 1. The summed E-state index contributed by atoms with van der Waals surface area (Å²) < 4.78 is 0. The average molecular weight is 506 g/mol. The van der Waals surface area contributed by atoms with Crippen LogP contribution in [0.2, 0.25) is 5.02 Å². The predicted molar refractivity (Wildman–Crippen MR) is 144 cm³/mol. The van der Waals surface area contributed by atoms with Gasteiger partial charge in [-0.15, -0.1) is 0 Å². The maximum atomic E-state index is 13.3. The minimum Gasteiger partial charge on any atom is -0.373 e. The van der Waals surface area contributed by atoms with E-state index in [2.05, 4.69) is 25.2 Å². The summed E-state index contributed by atoms with van der Waals surface area (Å²) in [6.45, 7) is 5.21. The largest absolute Gasteiger partial charge is 0.373 e. The van der Waals surface area contributed by atoms with E-state index < -0.39 is 0 Å². The van der Waals surface area contributed by atoms with Crippen LogP contribution in [0, 0.1) is 6.92 Å². The van der Waals surface area contributed by atoms with E-state index in [1.807, 2.05) is 37.1 Å². The second kappa shape index (κ2) is 10.4. The number of rotatable bonds is 5. The van der Waals surface area contributed by atoms with Gasteiger partial charge in [-0.2, -0.15) is 0 Å². The maximum Gasteiger partial charge on any atom is 0.255 e. The lowest BCUT2D eigenvalue weighted by atomic mass is 9.98. The molecule has 36 heavy (non-hydrogen) atoms. The highest BCUT2D eigenvalue weighted by molar-refractivity contribution is 6.34. The smallest absolute Gasteiger partial charge is 0.255 e. The number of carbonyl (C=O) groups is 1. The van der Waals surface area contributed by atoms with Crippen molar-refractivity contribution >= 4 is 29.3 Å². The number of hydrogen-bond donors (Lipinski definition) is 2. The molecule has 3 aromatic rings. The second-order valence-electron chi connectivity index (χ2n) is 9.53. The number of pyridine rings is 1. The molecule has 0 spiro atoms. The van der Waals surface area contributed by atoms with E-state index in [4.69, 9.17) is 17.3 Å². The van der Waals surface area contributed by atoms with E-state index in [1.54, 1.807) is 18.3 Å². The summed E-state index contributed by atoms with van der Waals surface area (Å²) in [5, 5.41) is 3.43. The first kappa shape index (κ1) is 24.5. The van der Waals surface area contributed by atoms with Crippen LogP contribution >= 0.6 is 11.6 Å². The summed E-state index contributed by atoms with van der Waals surface area (Å²) in [4.78, 5) is 31.1. The van der Waals surface area contributed by atoms with Gasteiger partial charge in [0.25, 0.3) is 5.91 Å². The molecule has 3 heterocycles. The molecule has 0 unspecified atom stereocenters. The zero-order chi connectivity index (χ0) is 25.2. The van der Waals surface area contributed by atoms with Gasteiger partial charge in [0.05, 0.1) is 22.0 Å². The van der Waals surface area contributed by atoms with E-state index in [0.29, 0.717) is 22.3 Å². The fourth-order valence-corrected chi connectivity index (χ4v) is 5.67. The Kier molecular flexibility index (Phi) is 7.07. The fraction of sp³-hybridized carbons (Fsp3) is 0.407. The Morgan fingerprint density at radius 1 is 1.06 bits per heavy atom. The van der Waals surface area contributed by atoms with Gasteiger partial charge in [-0.3, -0.25) is 9.69 Å². The first-order valence-electron chi connectivity index (χ1n) is 12.6. The Hall–Kier alpha value is -3.23. The summed E-state index contributed by atoms with van der Waals surface area (Å²) in [6, 6.07) is 10.0. The highest BCUT2D eigenvalue weighted by Gasteiger charge is 2.29. The average Bonchev–Trinajstić information content (AvgIpc) is 3.43. The number of nitrogen functional groups attached to an aromatic ring is 1. The molecule has 1 aliphatic heterocycles. The minimum atomic E-state index is -0.0249. The molecule has 0 bridgehead atoms. The van der Waals surface area contributed by atoms with Crippen LogP contribution in [0.15, 0.2) is 36.5 Å². The van der Waals surface area contributed by atoms with Crippen LogP contribution in [0.5, 0.6) is 0 Å². The summed E-state index contributed by atoms with van der Waals surface area (Å²) in [5.41, 5.74) is 10.4. The number of benzene rings is 1. The second-order valence-corrected chi connectivity index (χ2v) is 9.94. The maximum absolute atomic E-state index is 13.3. The molecule has 1 saturated carbocycles. The fourth-order valence-electron chi connectivity index (χ4n) is 5.40. The van der Waals surface area contributed by atoms with Gasteiger partial charge in [-0.25, -0.2) is 15.0 Å². The van der Waals surface area contributed by atoms with Crippen LogP contribution in [-0.2, 0) is 0 Å². The molecule has 0 radical (unpaired) electrons. The normalized spacial score (nSPS) is 16.9. The minimum absolute atomic E-state index is 0.0249. The first-order chi connectivity index (χ1) is 17.4. The molecule has 9 heteroatoms. The Morgan fingerprint density at radius 2 is 1.78 bits per heavy atom. The van der Waals surface area contributed by atoms with Gasteiger partial charge >= 0.3 is 0 Å². The van der Waals surface area contributed by atoms with E-state index in [0.717, 1.165) is 54.4 Å². The molecule has 5 rings (SSSR count). The number of nitrogens with two attached hydrogens (primary N) is 1. The van der Waals surface area contributed by atoms with Crippen molar-refractivity contribution in [3.63, 3.8) is 0 Å². The molecule has 2 aliphatic rings. The standard InChI is InChI=1S/C27H32ClN7O/c1-17-24(19-8-10-23(30-2)31-16-19)25(33-27(29)32-17)18-7-9-21(22(28)15-18)26(36)35-13-11-34(12-14-35)20-5-3-4-6-20/h7-10,15-16,20H,3-6,11-14H2,1-2H3,(H,30,31)(H2,29,32,33). The lowest BCUT2D eigenvalue weighted by Crippen LogP contribution is -2.51. The Balaban J connectivity index is 1.40. The van der Waals surface area contributed by atoms with Gasteiger partial charge in [0.1, 0.15) is 5.82 Å². The third kappa shape index (κ3) is 4.88. The van der Waals surface area contributed by atoms with E-state index in [1.165, 1.54) is 25.7 Å². The third-order valence-electron chi connectivity index (χ3n) is 7.33. The van der Waals surface area contributed by atoms with Gasteiger partial charge in [-0.1, -0.05) is 30.5 Å². The zero-order valence-electron chi connectivity index (χ0n) is 20.8. The zero-order valence-corrected chi connectivity index (χ0v) is 21.6. The predicted octanol–water partition coefficient (Wildman–Crippen LogP) is 4.49. The van der Waals surface area contributed by atoms with Crippen LogP contribution in [0.1, 0.15) is 41.7 Å². The van der Waals surface area contributed by atoms with E-state index >= 15 is 0 Å². The lowest BCUT2D eigenvalue weighted by molar-refractivity contribution is 0.0573. The van der Waals surface area contributed by atoms with Crippen molar-refractivity contribution in [3.8, 4) is 22.4 Å². The Morgan fingerprint density at radius 3 is 2.42 bits per heavy atom. The molecular weight excluding hydrogens is 474 g/mol. The molecular formula is C27H32ClN7O. The molecule has 2 aromatic heterocycles. The van der Waals surface area contributed by atoms with Crippen LogP contribution in [-0.4, -0.2) is 69.9 Å². The van der Waals surface area contributed by atoms with Gasteiger partial charge in [0.15, 0.2) is 0 Å². The van der Waals surface area contributed by atoms with Crippen molar-refractivity contribution in [2.75, 3.05) is 44.3 Å². The molecule has 1 aromatic carbocycles. The number of nitrogens with zero attached hydrogens (tertiary/aromatic N) is 5. The molecule has 1 aliphatic carbocycles.